The maximum absolute atomic E-state index is 12.4. The number of nitrogens with one attached hydrogen (secondary N) is 2. The lowest BCUT2D eigenvalue weighted by atomic mass is 10.2. The van der Waals surface area contributed by atoms with Crippen LogP contribution in [0.5, 0.6) is 0 Å². The molecule has 1 saturated carbocycles. The van der Waals surface area contributed by atoms with Crippen LogP contribution in [0.15, 0.2) is 67.0 Å². The van der Waals surface area contributed by atoms with Gasteiger partial charge < -0.3 is 10.6 Å². The average molecular weight is 360 g/mol. The fourth-order valence-electron chi connectivity index (χ4n) is 2.79. The number of hydrogen-bond donors (Lipinski definition) is 2. The van der Waals surface area contributed by atoms with E-state index in [-0.39, 0.29) is 17.7 Å². The van der Waals surface area contributed by atoms with E-state index in [1.54, 1.807) is 35.1 Å². The van der Waals surface area contributed by atoms with Crippen molar-refractivity contribution in [3.05, 3.63) is 78.1 Å². The second kappa shape index (κ2) is 7.45. The molecule has 1 aliphatic rings. The van der Waals surface area contributed by atoms with Crippen molar-refractivity contribution in [2.45, 2.75) is 19.4 Å². The molecule has 0 saturated heterocycles. The predicted octanol–water partition coefficient (Wildman–Crippen LogP) is 3.15. The predicted molar refractivity (Wildman–Crippen MR) is 103 cm³/mol. The van der Waals surface area contributed by atoms with Gasteiger partial charge in [0.25, 0.3) is 5.91 Å². The van der Waals surface area contributed by atoms with Crippen LogP contribution in [0.2, 0.25) is 0 Å². The maximum atomic E-state index is 12.4. The van der Waals surface area contributed by atoms with Gasteiger partial charge in [0, 0.05) is 35.5 Å². The summed E-state index contributed by atoms with van der Waals surface area (Å²) in [4.78, 5) is 24.3. The van der Waals surface area contributed by atoms with E-state index in [9.17, 15) is 9.59 Å². The van der Waals surface area contributed by atoms with Crippen molar-refractivity contribution in [1.29, 1.82) is 0 Å². The van der Waals surface area contributed by atoms with Gasteiger partial charge >= 0.3 is 0 Å². The first-order chi connectivity index (χ1) is 13.2. The molecule has 0 aliphatic heterocycles. The highest BCUT2D eigenvalue weighted by atomic mass is 16.2. The van der Waals surface area contributed by atoms with Crippen molar-refractivity contribution < 1.29 is 9.59 Å². The first-order valence-corrected chi connectivity index (χ1v) is 8.97. The molecule has 0 spiro atoms. The van der Waals surface area contributed by atoms with Crippen LogP contribution < -0.4 is 10.6 Å². The first kappa shape index (κ1) is 17.0. The molecular weight excluding hydrogens is 340 g/mol. The summed E-state index contributed by atoms with van der Waals surface area (Å²) < 4.78 is 1.77. The summed E-state index contributed by atoms with van der Waals surface area (Å²) in [6.45, 7) is 0.379. The zero-order valence-electron chi connectivity index (χ0n) is 14.8. The Morgan fingerprint density at radius 2 is 1.89 bits per heavy atom. The normalized spacial score (nSPS) is 13.2. The van der Waals surface area contributed by atoms with E-state index >= 15 is 0 Å². The van der Waals surface area contributed by atoms with E-state index in [4.69, 9.17) is 0 Å². The number of benzene rings is 2. The van der Waals surface area contributed by atoms with Gasteiger partial charge in [0.05, 0.1) is 11.9 Å². The van der Waals surface area contributed by atoms with Crippen LogP contribution in [-0.4, -0.2) is 21.6 Å². The number of amides is 2. The Bertz CT molecular complexity index is 961. The van der Waals surface area contributed by atoms with Gasteiger partial charge in [-0.3, -0.25) is 9.59 Å². The lowest BCUT2D eigenvalue weighted by Gasteiger charge is -2.07. The van der Waals surface area contributed by atoms with Gasteiger partial charge in [-0.15, -0.1) is 0 Å². The summed E-state index contributed by atoms with van der Waals surface area (Å²) in [5.74, 6) is -0.0329. The number of carbonyl (C=O) groups excluding carboxylic acids is 2. The molecule has 0 atom stereocenters. The Morgan fingerprint density at radius 1 is 1.07 bits per heavy atom. The average Bonchev–Trinajstić information content (AvgIpc) is 3.45. The zero-order valence-corrected chi connectivity index (χ0v) is 14.8. The molecule has 4 rings (SSSR count). The Hall–Kier alpha value is -3.41. The molecular formula is C21H20N4O2. The minimum absolute atomic E-state index is 0.0286. The molecule has 1 fully saturated rings. The van der Waals surface area contributed by atoms with Gasteiger partial charge in [0.1, 0.15) is 0 Å². The molecule has 1 aliphatic carbocycles. The summed E-state index contributed by atoms with van der Waals surface area (Å²) >= 11 is 0. The molecule has 0 radical (unpaired) electrons. The number of hydrogen-bond acceptors (Lipinski definition) is 3. The van der Waals surface area contributed by atoms with E-state index in [0.717, 1.165) is 24.1 Å². The van der Waals surface area contributed by atoms with Gasteiger partial charge in [0.2, 0.25) is 5.91 Å². The van der Waals surface area contributed by atoms with Crippen LogP contribution in [-0.2, 0) is 11.3 Å². The van der Waals surface area contributed by atoms with Crippen molar-refractivity contribution in [3.8, 4) is 5.69 Å². The van der Waals surface area contributed by atoms with Crippen LogP contribution in [0, 0.1) is 5.92 Å². The molecule has 2 amide bonds. The smallest absolute Gasteiger partial charge is 0.251 e. The van der Waals surface area contributed by atoms with E-state index in [1.807, 2.05) is 36.5 Å². The third-order valence-corrected chi connectivity index (χ3v) is 4.45. The summed E-state index contributed by atoms with van der Waals surface area (Å²) in [5, 5.41) is 10.1. The Morgan fingerprint density at radius 3 is 2.67 bits per heavy atom. The Kier molecular flexibility index (Phi) is 4.70. The molecule has 1 aromatic heterocycles. The Labute approximate surface area is 157 Å². The number of anilines is 1. The topological polar surface area (TPSA) is 76.0 Å². The largest absolute Gasteiger partial charge is 0.348 e. The van der Waals surface area contributed by atoms with Crippen molar-refractivity contribution >= 4 is 17.5 Å². The number of aromatic nitrogens is 2. The zero-order chi connectivity index (χ0) is 18.6. The number of rotatable bonds is 6. The van der Waals surface area contributed by atoms with Gasteiger partial charge in [-0.05, 0) is 43.2 Å². The van der Waals surface area contributed by atoms with Crippen molar-refractivity contribution in [2.75, 3.05) is 5.32 Å². The Balaban J connectivity index is 1.37. The molecule has 2 N–H and O–H groups in total. The lowest BCUT2D eigenvalue weighted by molar-refractivity contribution is -0.117. The monoisotopic (exact) mass is 360 g/mol. The molecule has 3 aromatic rings. The molecule has 27 heavy (non-hydrogen) atoms. The number of nitrogens with zero attached hydrogens (tertiary/aromatic N) is 2. The van der Waals surface area contributed by atoms with Crippen LogP contribution in [0.25, 0.3) is 5.69 Å². The van der Waals surface area contributed by atoms with Gasteiger partial charge in [-0.25, -0.2) is 4.68 Å². The molecule has 6 nitrogen and oxygen atoms in total. The maximum Gasteiger partial charge on any atom is 0.251 e. The highest BCUT2D eigenvalue weighted by Crippen LogP contribution is 2.30. The highest BCUT2D eigenvalue weighted by molar-refractivity contribution is 5.98. The van der Waals surface area contributed by atoms with Crippen molar-refractivity contribution in [3.63, 3.8) is 0 Å². The summed E-state index contributed by atoms with van der Waals surface area (Å²) in [6, 6.07) is 16.8. The van der Waals surface area contributed by atoms with Crippen LogP contribution in [0.3, 0.4) is 0 Å². The lowest BCUT2D eigenvalue weighted by Crippen LogP contribution is -2.23. The van der Waals surface area contributed by atoms with Gasteiger partial charge in [-0.1, -0.05) is 24.3 Å². The van der Waals surface area contributed by atoms with E-state index in [2.05, 4.69) is 15.7 Å². The minimum Gasteiger partial charge on any atom is -0.348 e. The van der Waals surface area contributed by atoms with E-state index in [0.29, 0.717) is 17.8 Å². The summed E-state index contributed by atoms with van der Waals surface area (Å²) in [5.41, 5.74) is 3.04. The van der Waals surface area contributed by atoms with Crippen molar-refractivity contribution in [1.82, 2.24) is 15.1 Å². The third kappa shape index (κ3) is 4.23. The molecule has 136 valence electrons. The number of carbonyl (C=O) groups is 2. The second-order valence-electron chi connectivity index (χ2n) is 6.66. The van der Waals surface area contributed by atoms with E-state index in [1.165, 1.54) is 0 Å². The highest BCUT2D eigenvalue weighted by Gasteiger charge is 2.29. The minimum atomic E-state index is -0.190. The fraction of sp³-hybridized carbons (Fsp3) is 0.190. The molecule has 0 unspecified atom stereocenters. The molecule has 6 heteroatoms. The van der Waals surface area contributed by atoms with Gasteiger partial charge in [-0.2, -0.15) is 5.10 Å². The SMILES string of the molecule is O=C(NCc1cnn(-c2ccccc2)c1)c1cccc(NC(=O)C2CC2)c1. The van der Waals surface area contributed by atoms with E-state index < -0.39 is 0 Å². The second-order valence-corrected chi connectivity index (χ2v) is 6.66. The van der Waals surface area contributed by atoms with Crippen LogP contribution >= 0.6 is 0 Å². The quantitative estimate of drug-likeness (QED) is 0.709. The molecule has 1 heterocycles. The molecule has 2 aromatic carbocycles. The standard InChI is InChI=1S/C21H20N4O2/c26-20(17-5-4-6-18(11-17)24-21(27)16-9-10-16)22-12-15-13-23-25(14-15)19-7-2-1-3-8-19/h1-8,11,13-14,16H,9-10,12H2,(H,22,26)(H,24,27). The van der Waals surface area contributed by atoms with Crippen molar-refractivity contribution in [2.24, 2.45) is 5.92 Å². The summed E-state index contributed by atoms with van der Waals surface area (Å²) in [6.07, 6.45) is 5.52. The first-order valence-electron chi connectivity index (χ1n) is 8.97. The molecule has 0 bridgehead atoms. The van der Waals surface area contributed by atoms with Crippen LogP contribution in [0.4, 0.5) is 5.69 Å². The third-order valence-electron chi connectivity index (χ3n) is 4.45. The fourth-order valence-corrected chi connectivity index (χ4v) is 2.79. The summed E-state index contributed by atoms with van der Waals surface area (Å²) in [7, 11) is 0. The van der Waals surface area contributed by atoms with Gasteiger partial charge in [0.15, 0.2) is 0 Å². The number of para-hydroxylation sites is 1. The van der Waals surface area contributed by atoms with Crippen LogP contribution in [0.1, 0.15) is 28.8 Å².